The van der Waals surface area contributed by atoms with E-state index in [2.05, 4.69) is 30.8 Å². The van der Waals surface area contributed by atoms with Crippen LogP contribution in [0.3, 0.4) is 0 Å². The first-order valence-corrected chi connectivity index (χ1v) is 3.89. The molecule has 9 nitrogen and oxygen atoms in total. The van der Waals surface area contributed by atoms with Crippen LogP contribution >= 0.6 is 0 Å². The molecule has 0 saturated heterocycles. The van der Waals surface area contributed by atoms with Crippen LogP contribution in [-0.2, 0) is 9.63 Å². The fraction of sp³-hybridized carbons (Fsp3) is 0.167. The molecule has 0 unspecified atom stereocenters. The predicted octanol–water partition coefficient (Wildman–Crippen LogP) is -1.05. The number of nitrogens with one attached hydrogen (secondary N) is 1. The van der Waals surface area contributed by atoms with Crippen molar-refractivity contribution in [3.63, 3.8) is 0 Å². The van der Waals surface area contributed by atoms with Gasteiger partial charge >= 0.3 is 5.97 Å². The van der Waals surface area contributed by atoms with Gasteiger partial charge in [-0.3, -0.25) is 9.82 Å². The van der Waals surface area contributed by atoms with Crippen molar-refractivity contribution in [2.24, 2.45) is 0 Å². The average Bonchev–Trinajstić information content (AvgIpc) is 2.65. The van der Waals surface area contributed by atoms with Crippen LogP contribution in [0, 0.1) is 0 Å². The lowest BCUT2D eigenvalue weighted by molar-refractivity contribution is -0.141. The second-order valence-corrected chi connectivity index (χ2v) is 2.53. The second-order valence-electron chi connectivity index (χ2n) is 2.53. The van der Waals surface area contributed by atoms with Crippen LogP contribution in [-0.4, -0.2) is 42.7 Å². The molecule has 15 heavy (non-hydrogen) atoms. The molecular formula is C6H6N6O3. The molecule has 0 amide bonds. The summed E-state index contributed by atoms with van der Waals surface area (Å²) in [5, 5.41) is 19.0. The quantitative estimate of drug-likeness (QED) is 0.614. The third-order valence-corrected chi connectivity index (χ3v) is 1.48. The van der Waals surface area contributed by atoms with Crippen LogP contribution in [0.25, 0.3) is 5.65 Å². The molecule has 0 aliphatic carbocycles. The Morgan fingerprint density at radius 1 is 1.60 bits per heavy atom. The maximum atomic E-state index is 10.2. The summed E-state index contributed by atoms with van der Waals surface area (Å²) in [5.74, 6) is -0.738. The Morgan fingerprint density at radius 3 is 3.27 bits per heavy atom. The predicted molar refractivity (Wildman–Crippen MR) is 45.8 cm³/mol. The van der Waals surface area contributed by atoms with Gasteiger partial charge in [-0.05, 0) is 10.4 Å². The highest BCUT2D eigenvalue weighted by molar-refractivity contribution is 5.68. The number of hydrogen-bond acceptors (Lipinski definition) is 7. The van der Waals surface area contributed by atoms with Crippen LogP contribution in [0.2, 0.25) is 0 Å². The van der Waals surface area contributed by atoms with E-state index < -0.39 is 12.6 Å². The minimum absolute atomic E-state index is 0.346. The number of hydrogen-bond donors (Lipinski definition) is 2. The van der Waals surface area contributed by atoms with E-state index in [1.54, 1.807) is 0 Å². The summed E-state index contributed by atoms with van der Waals surface area (Å²) in [7, 11) is 0. The normalized spacial score (nSPS) is 10.4. The Balaban J connectivity index is 2.13. The third-order valence-electron chi connectivity index (χ3n) is 1.48. The zero-order chi connectivity index (χ0) is 10.7. The molecule has 0 atom stereocenters. The van der Waals surface area contributed by atoms with Crippen LogP contribution in [0.15, 0.2) is 12.4 Å². The van der Waals surface area contributed by atoms with Gasteiger partial charge in [-0.2, -0.15) is 4.52 Å². The fourth-order valence-electron chi connectivity index (χ4n) is 0.917. The lowest BCUT2D eigenvalue weighted by Gasteiger charge is -2.04. The summed E-state index contributed by atoms with van der Waals surface area (Å²) in [6, 6.07) is 0. The minimum atomic E-state index is -1.08. The molecule has 0 aliphatic rings. The van der Waals surface area contributed by atoms with Gasteiger partial charge in [0.05, 0.1) is 12.4 Å². The van der Waals surface area contributed by atoms with E-state index >= 15 is 0 Å². The summed E-state index contributed by atoms with van der Waals surface area (Å²) in [6.45, 7) is -0.474. The molecule has 2 aromatic heterocycles. The number of carbonyl (C=O) groups is 1. The monoisotopic (exact) mass is 210 g/mol. The number of nitrogens with zero attached hydrogens (tertiary/aromatic N) is 5. The molecule has 0 aliphatic heterocycles. The van der Waals surface area contributed by atoms with Gasteiger partial charge < -0.3 is 5.11 Å². The van der Waals surface area contributed by atoms with E-state index in [4.69, 9.17) is 5.11 Å². The highest BCUT2D eigenvalue weighted by Gasteiger charge is 2.04. The van der Waals surface area contributed by atoms with E-state index in [-0.39, 0.29) is 0 Å². The van der Waals surface area contributed by atoms with Crippen molar-refractivity contribution in [2.45, 2.75) is 0 Å². The number of anilines is 1. The van der Waals surface area contributed by atoms with Crippen molar-refractivity contribution in [1.29, 1.82) is 0 Å². The number of rotatable bonds is 4. The Labute approximate surface area is 82.6 Å². The summed E-state index contributed by atoms with van der Waals surface area (Å²) in [6.07, 6.45) is 2.87. The molecule has 2 heterocycles. The standard InChI is InChI=1S/C6H6N6O3/c13-6(14)3-15-9-5-2-7-1-4-8-10-11-12(4)5/h1-2,9H,3H2,(H,13,14). The molecule has 2 rings (SSSR count). The van der Waals surface area contributed by atoms with Crippen LogP contribution in [0.4, 0.5) is 5.82 Å². The third kappa shape index (κ3) is 1.96. The Morgan fingerprint density at radius 2 is 2.47 bits per heavy atom. The number of fused-ring (bicyclic) bond motifs is 1. The summed E-state index contributed by atoms with van der Waals surface area (Å²) in [5.41, 5.74) is 2.81. The lowest BCUT2D eigenvalue weighted by Crippen LogP contribution is -2.13. The van der Waals surface area contributed by atoms with E-state index in [0.717, 1.165) is 0 Å². The highest BCUT2D eigenvalue weighted by Crippen LogP contribution is 2.04. The average molecular weight is 210 g/mol. The van der Waals surface area contributed by atoms with Crippen molar-refractivity contribution in [2.75, 3.05) is 12.1 Å². The SMILES string of the molecule is O=C(O)CONc1cncc2nnnn12. The molecule has 0 bridgehead atoms. The molecule has 0 radical (unpaired) electrons. The maximum Gasteiger partial charge on any atom is 0.332 e. The van der Waals surface area contributed by atoms with Gasteiger partial charge in [0.2, 0.25) is 0 Å². The highest BCUT2D eigenvalue weighted by atomic mass is 16.7. The van der Waals surface area contributed by atoms with Gasteiger partial charge in [-0.1, -0.05) is 0 Å². The van der Waals surface area contributed by atoms with E-state index in [1.165, 1.54) is 16.9 Å². The Bertz CT molecular complexity index is 482. The Hall–Kier alpha value is -2.29. The molecule has 78 valence electrons. The molecule has 0 aromatic carbocycles. The minimum Gasteiger partial charge on any atom is -0.479 e. The number of carboxylic acids is 1. The van der Waals surface area contributed by atoms with Gasteiger partial charge in [0.1, 0.15) is 0 Å². The maximum absolute atomic E-state index is 10.2. The molecule has 0 fully saturated rings. The van der Waals surface area contributed by atoms with Crippen molar-refractivity contribution in [3.05, 3.63) is 12.4 Å². The lowest BCUT2D eigenvalue weighted by atomic mass is 10.6. The van der Waals surface area contributed by atoms with Crippen LogP contribution in [0.1, 0.15) is 0 Å². The first-order chi connectivity index (χ1) is 7.27. The first kappa shape index (κ1) is 9.27. The second kappa shape index (κ2) is 3.84. The summed E-state index contributed by atoms with van der Waals surface area (Å²) in [4.78, 5) is 18.7. The molecular weight excluding hydrogens is 204 g/mol. The zero-order valence-corrected chi connectivity index (χ0v) is 7.36. The number of carboxylic acid groups (broad SMARTS) is 1. The van der Waals surface area contributed by atoms with Gasteiger partial charge in [0.15, 0.2) is 18.1 Å². The topological polar surface area (TPSA) is 115 Å². The van der Waals surface area contributed by atoms with E-state index in [0.29, 0.717) is 11.5 Å². The largest absolute Gasteiger partial charge is 0.479 e. The van der Waals surface area contributed by atoms with Crippen molar-refractivity contribution >= 4 is 17.4 Å². The number of aromatic nitrogens is 5. The fourth-order valence-corrected chi connectivity index (χ4v) is 0.917. The number of aliphatic carboxylic acids is 1. The van der Waals surface area contributed by atoms with E-state index in [1.807, 2.05) is 0 Å². The molecule has 2 aromatic rings. The van der Waals surface area contributed by atoms with Crippen molar-refractivity contribution < 1.29 is 14.7 Å². The molecule has 0 saturated carbocycles. The smallest absolute Gasteiger partial charge is 0.332 e. The molecule has 2 N–H and O–H groups in total. The first-order valence-electron chi connectivity index (χ1n) is 3.89. The zero-order valence-electron chi connectivity index (χ0n) is 7.36. The van der Waals surface area contributed by atoms with Gasteiger partial charge in [-0.25, -0.2) is 10.3 Å². The Kier molecular flexibility index (Phi) is 2.37. The van der Waals surface area contributed by atoms with Crippen molar-refractivity contribution in [3.8, 4) is 0 Å². The number of tetrazole rings is 1. The summed E-state index contributed by atoms with van der Waals surface area (Å²) >= 11 is 0. The molecule has 0 spiro atoms. The van der Waals surface area contributed by atoms with Gasteiger partial charge in [-0.15, -0.1) is 5.10 Å². The van der Waals surface area contributed by atoms with E-state index in [9.17, 15) is 4.79 Å². The van der Waals surface area contributed by atoms with Crippen molar-refractivity contribution in [1.82, 2.24) is 25.0 Å². The van der Waals surface area contributed by atoms with Gasteiger partial charge in [0, 0.05) is 0 Å². The van der Waals surface area contributed by atoms with Crippen LogP contribution < -0.4 is 5.48 Å². The molecule has 9 heteroatoms. The van der Waals surface area contributed by atoms with Gasteiger partial charge in [0.25, 0.3) is 0 Å². The summed E-state index contributed by atoms with van der Waals surface area (Å²) < 4.78 is 1.33. The van der Waals surface area contributed by atoms with Crippen LogP contribution in [0.5, 0.6) is 0 Å².